The predicted octanol–water partition coefficient (Wildman–Crippen LogP) is 5.59. The topological polar surface area (TPSA) is 73.2 Å². The van der Waals surface area contributed by atoms with Crippen LogP contribution in [-0.2, 0) is 13.2 Å². The van der Waals surface area contributed by atoms with Crippen LogP contribution in [0.5, 0.6) is 5.75 Å². The molecule has 0 amide bonds. The van der Waals surface area contributed by atoms with Crippen molar-refractivity contribution in [3.8, 4) is 5.75 Å². The molecule has 0 saturated carbocycles. The van der Waals surface area contributed by atoms with E-state index in [4.69, 9.17) is 4.74 Å². The molecule has 0 heterocycles. The smallest absolute Gasteiger partial charge is 0.178 e. The summed E-state index contributed by atoms with van der Waals surface area (Å²) in [4.78, 5) is 2.34. The number of aliphatic hydroxyl groups is 3. The van der Waals surface area contributed by atoms with Crippen LogP contribution in [0.25, 0.3) is 0 Å². The molecule has 0 aliphatic carbocycles. The Morgan fingerprint density at radius 3 is 2.21 bits per heavy atom. The predicted molar refractivity (Wildman–Crippen MR) is 137 cm³/mol. The Kier molecular flexibility index (Phi) is 9.52. The molecule has 0 saturated heterocycles. The van der Waals surface area contributed by atoms with E-state index in [2.05, 4.69) is 41.3 Å². The lowest BCUT2D eigenvalue weighted by molar-refractivity contribution is -0.0425. The standard InChI is InChI=1S/C29H37NO4/c1-3-29(33,4-2)18-9-19-30(21-23-10-6-5-7-11-23)26-12-8-13-27(20-26)34-22-24-14-16-25(17-15-24)28(31)32/h5-8,10-17,20,28,31-33H,3-4,9,18-19,21-22H2,1-2H3. The van der Waals surface area contributed by atoms with Gasteiger partial charge < -0.3 is 25.0 Å². The summed E-state index contributed by atoms with van der Waals surface area (Å²) >= 11 is 0. The molecule has 0 radical (unpaired) electrons. The lowest BCUT2D eigenvalue weighted by Crippen LogP contribution is -2.30. The van der Waals surface area contributed by atoms with Gasteiger partial charge in [0.15, 0.2) is 6.29 Å². The van der Waals surface area contributed by atoms with E-state index < -0.39 is 11.9 Å². The molecule has 0 aromatic heterocycles. The zero-order valence-electron chi connectivity index (χ0n) is 20.2. The minimum atomic E-state index is -1.46. The van der Waals surface area contributed by atoms with Crippen molar-refractivity contribution >= 4 is 5.69 Å². The summed E-state index contributed by atoms with van der Waals surface area (Å²) in [5.41, 5.74) is 3.14. The maximum absolute atomic E-state index is 10.7. The third-order valence-electron chi connectivity index (χ3n) is 6.47. The first-order valence-electron chi connectivity index (χ1n) is 12.1. The summed E-state index contributed by atoms with van der Waals surface area (Å²) in [5, 5.41) is 29.2. The lowest BCUT2D eigenvalue weighted by atomic mass is 9.92. The molecule has 34 heavy (non-hydrogen) atoms. The van der Waals surface area contributed by atoms with Crippen molar-refractivity contribution in [3.05, 3.63) is 95.6 Å². The summed E-state index contributed by atoms with van der Waals surface area (Å²) in [6.07, 6.45) is 1.75. The van der Waals surface area contributed by atoms with Crippen LogP contribution in [0.3, 0.4) is 0 Å². The van der Waals surface area contributed by atoms with Gasteiger partial charge in [-0.1, -0.05) is 74.5 Å². The highest BCUT2D eigenvalue weighted by Crippen LogP contribution is 2.26. The number of anilines is 1. The van der Waals surface area contributed by atoms with E-state index in [0.717, 1.165) is 55.8 Å². The van der Waals surface area contributed by atoms with E-state index in [0.29, 0.717) is 12.2 Å². The molecule has 5 nitrogen and oxygen atoms in total. The third-order valence-corrected chi connectivity index (χ3v) is 6.47. The number of benzene rings is 3. The number of ether oxygens (including phenoxy) is 1. The van der Waals surface area contributed by atoms with Gasteiger partial charge >= 0.3 is 0 Å². The highest BCUT2D eigenvalue weighted by molar-refractivity contribution is 5.51. The van der Waals surface area contributed by atoms with Gasteiger partial charge in [0, 0.05) is 30.4 Å². The van der Waals surface area contributed by atoms with Crippen LogP contribution in [0.2, 0.25) is 0 Å². The van der Waals surface area contributed by atoms with Crippen LogP contribution in [0.15, 0.2) is 78.9 Å². The molecule has 3 rings (SSSR count). The van der Waals surface area contributed by atoms with Gasteiger partial charge in [-0.25, -0.2) is 0 Å². The summed E-state index contributed by atoms with van der Waals surface area (Å²) in [6, 6.07) is 25.6. The van der Waals surface area contributed by atoms with Crippen molar-refractivity contribution in [3.63, 3.8) is 0 Å². The van der Waals surface area contributed by atoms with Gasteiger partial charge in [0.1, 0.15) is 12.4 Å². The van der Waals surface area contributed by atoms with Gasteiger partial charge in [-0.05, 0) is 48.9 Å². The van der Waals surface area contributed by atoms with Gasteiger partial charge in [0.2, 0.25) is 0 Å². The number of hydrogen-bond donors (Lipinski definition) is 3. The fourth-order valence-corrected chi connectivity index (χ4v) is 4.03. The molecule has 0 aliphatic rings. The highest BCUT2D eigenvalue weighted by atomic mass is 16.5. The zero-order valence-corrected chi connectivity index (χ0v) is 20.2. The van der Waals surface area contributed by atoms with Crippen molar-refractivity contribution in [2.75, 3.05) is 11.4 Å². The summed E-state index contributed by atoms with van der Waals surface area (Å²) < 4.78 is 6.04. The van der Waals surface area contributed by atoms with E-state index in [1.165, 1.54) is 5.56 Å². The normalized spacial score (nSPS) is 11.6. The van der Waals surface area contributed by atoms with Crippen LogP contribution >= 0.6 is 0 Å². The van der Waals surface area contributed by atoms with Crippen LogP contribution in [0.4, 0.5) is 5.69 Å². The summed E-state index contributed by atoms with van der Waals surface area (Å²) in [5.74, 6) is 0.778. The second kappa shape index (κ2) is 12.6. The molecule has 0 unspecified atom stereocenters. The molecule has 0 fully saturated rings. The number of nitrogens with zero attached hydrogens (tertiary/aromatic N) is 1. The maximum atomic E-state index is 10.7. The van der Waals surface area contributed by atoms with E-state index in [1.54, 1.807) is 12.1 Å². The fraction of sp³-hybridized carbons (Fsp3) is 0.379. The molecule has 0 atom stereocenters. The van der Waals surface area contributed by atoms with Crippen LogP contribution in [0, 0.1) is 0 Å². The quantitative estimate of drug-likeness (QED) is 0.288. The Labute approximate surface area is 203 Å². The van der Waals surface area contributed by atoms with E-state index in [9.17, 15) is 15.3 Å². The fourth-order valence-electron chi connectivity index (χ4n) is 4.03. The molecule has 0 bridgehead atoms. The van der Waals surface area contributed by atoms with Gasteiger partial charge in [-0.15, -0.1) is 0 Å². The van der Waals surface area contributed by atoms with Gasteiger partial charge in [-0.3, -0.25) is 0 Å². The number of hydrogen-bond acceptors (Lipinski definition) is 5. The van der Waals surface area contributed by atoms with Gasteiger partial charge in [0.05, 0.1) is 5.60 Å². The molecule has 0 aliphatic heterocycles. The van der Waals surface area contributed by atoms with E-state index in [1.807, 2.05) is 44.2 Å². The highest BCUT2D eigenvalue weighted by Gasteiger charge is 2.22. The first kappa shape index (κ1) is 25.8. The Balaban J connectivity index is 1.70. The SMILES string of the molecule is CCC(O)(CC)CCCN(Cc1ccccc1)c1cccc(OCc2ccc(C(O)O)cc2)c1. The summed E-state index contributed by atoms with van der Waals surface area (Å²) in [6.45, 7) is 6.11. The minimum Gasteiger partial charge on any atom is -0.489 e. The monoisotopic (exact) mass is 463 g/mol. The number of rotatable bonds is 13. The second-order valence-corrected chi connectivity index (χ2v) is 8.84. The third kappa shape index (κ3) is 7.59. The number of aliphatic hydroxyl groups excluding tert-OH is 1. The molecule has 3 aromatic rings. The first-order chi connectivity index (χ1) is 16.4. The largest absolute Gasteiger partial charge is 0.489 e. The lowest BCUT2D eigenvalue weighted by Gasteiger charge is -2.29. The second-order valence-electron chi connectivity index (χ2n) is 8.84. The maximum Gasteiger partial charge on any atom is 0.178 e. The average Bonchev–Trinajstić information content (AvgIpc) is 2.87. The van der Waals surface area contributed by atoms with Crippen molar-refractivity contribution < 1.29 is 20.1 Å². The summed E-state index contributed by atoms with van der Waals surface area (Å²) in [7, 11) is 0. The van der Waals surface area contributed by atoms with E-state index >= 15 is 0 Å². The zero-order chi connectivity index (χ0) is 24.4. The van der Waals surface area contributed by atoms with Crippen LogP contribution in [-0.4, -0.2) is 27.5 Å². The van der Waals surface area contributed by atoms with Crippen molar-refractivity contribution in [2.45, 2.75) is 64.6 Å². The average molecular weight is 464 g/mol. The molecule has 3 aromatic carbocycles. The van der Waals surface area contributed by atoms with Crippen molar-refractivity contribution in [1.29, 1.82) is 0 Å². The van der Waals surface area contributed by atoms with Crippen molar-refractivity contribution in [2.24, 2.45) is 0 Å². The van der Waals surface area contributed by atoms with Gasteiger partial charge in [0.25, 0.3) is 0 Å². The molecule has 5 heteroatoms. The minimum absolute atomic E-state index is 0.393. The molecule has 3 N–H and O–H groups in total. The molecular formula is C29H37NO4. The van der Waals surface area contributed by atoms with Crippen molar-refractivity contribution in [1.82, 2.24) is 0 Å². The van der Waals surface area contributed by atoms with Gasteiger partial charge in [-0.2, -0.15) is 0 Å². The Bertz CT molecular complexity index is 985. The molecule has 182 valence electrons. The Morgan fingerprint density at radius 1 is 0.853 bits per heavy atom. The van der Waals surface area contributed by atoms with Crippen LogP contribution < -0.4 is 9.64 Å². The Morgan fingerprint density at radius 2 is 1.56 bits per heavy atom. The van der Waals surface area contributed by atoms with E-state index in [-0.39, 0.29) is 0 Å². The molecule has 0 spiro atoms. The first-order valence-corrected chi connectivity index (χ1v) is 12.1. The Hall–Kier alpha value is -2.86. The molecular weight excluding hydrogens is 426 g/mol. The van der Waals surface area contributed by atoms with Crippen LogP contribution in [0.1, 0.15) is 62.5 Å².